The van der Waals surface area contributed by atoms with Gasteiger partial charge in [-0.15, -0.1) is 10.2 Å². The first kappa shape index (κ1) is 16.2. The Kier molecular flexibility index (Phi) is 4.65. The van der Waals surface area contributed by atoms with Crippen LogP contribution in [0.5, 0.6) is 5.75 Å². The standard InChI is InChI=1S/C20H22N2O2/c1-20(2,3)16-11-7-8-12-17(16)23-14-13-18-21-22-19(24-18)15-9-5-4-6-10-15/h4-12H,13-14H2,1-3H3. The largest absolute Gasteiger partial charge is 0.493 e. The summed E-state index contributed by atoms with van der Waals surface area (Å²) in [5, 5.41) is 8.19. The summed E-state index contributed by atoms with van der Waals surface area (Å²) in [5.74, 6) is 2.04. The highest BCUT2D eigenvalue weighted by Gasteiger charge is 2.18. The molecule has 3 aromatic rings. The first-order valence-corrected chi connectivity index (χ1v) is 8.14. The number of nitrogens with zero attached hydrogens (tertiary/aromatic N) is 2. The van der Waals surface area contributed by atoms with Crippen molar-refractivity contribution >= 4 is 0 Å². The van der Waals surface area contributed by atoms with Crippen LogP contribution in [0.15, 0.2) is 59.0 Å². The van der Waals surface area contributed by atoms with Crippen molar-refractivity contribution in [3.8, 4) is 17.2 Å². The van der Waals surface area contributed by atoms with Crippen molar-refractivity contribution in [1.29, 1.82) is 0 Å². The molecule has 0 N–H and O–H groups in total. The van der Waals surface area contributed by atoms with Gasteiger partial charge in [0.05, 0.1) is 13.0 Å². The average Bonchev–Trinajstić information content (AvgIpc) is 3.04. The van der Waals surface area contributed by atoms with E-state index in [-0.39, 0.29) is 5.41 Å². The first-order chi connectivity index (χ1) is 11.5. The lowest BCUT2D eigenvalue weighted by Crippen LogP contribution is -2.14. The second-order valence-corrected chi connectivity index (χ2v) is 6.71. The maximum absolute atomic E-state index is 5.95. The number of hydrogen-bond donors (Lipinski definition) is 0. The zero-order valence-corrected chi connectivity index (χ0v) is 14.3. The van der Waals surface area contributed by atoms with Crippen LogP contribution in [0.4, 0.5) is 0 Å². The van der Waals surface area contributed by atoms with E-state index in [1.807, 2.05) is 48.5 Å². The van der Waals surface area contributed by atoms with Crippen LogP contribution in [-0.2, 0) is 11.8 Å². The molecule has 24 heavy (non-hydrogen) atoms. The molecule has 0 saturated heterocycles. The highest BCUT2D eigenvalue weighted by atomic mass is 16.5. The summed E-state index contributed by atoms with van der Waals surface area (Å²) in [7, 11) is 0. The molecule has 0 fully saturated rings. The number of hydrogen-bond acceptors (Lipinski definition) is 4. The van der Waals surface area contributed by atoms with Crippen LogP contribution in [0, 0.1) is 0 Å². The van der Waals surface area contributed by atoms with Crippen LogP contribution >= 0.6 is 0 Å². The van der Waals surface area contributed by atoms with E-state index in [1.165, 1.54) is 5.56 Å². The van der Waals surface area contributed by atoms with Gasteiger partial charge in [0, 0.05) is 5.56 Å². The lowest BCUT2D eigenvalue weighted by atomic mass is 9.86. The Hall–Kier alpha value is -2.62. The van der Waals surface area contributed by atoms with Gasteiger partial charge in [0.2, 0.25) is 11.8 Å². The van der Waals surface area contributed by atoms with E-state index in [2.05, 4.69) is 37.0 Å². The molecule has 0 aliphatic heterocycles. The topological polar surface area (TPSA) is 48.2 Å². The highest BCUT2D eigenvalue weighted by Crippen LogP contribution is 2.31. The molecule has 124 valence electrons. The SMILES string of the molecule is CC(C)(C)c1ccccc1OCCc1nnc(-c2ccccc2)o1. The van der Waals surface area contributed by atoms with E-state index in [0.717, 1.165) is 11.3 Å². The molecule has 0 aliphatic carbocycles. The Morgan fingerprint density at radius 1 is 0.917 bits per heavy atom. The van der Waals surface area contributed by atoms with Crippen molar-refractivity contribution in [1.82, 2.24) is 10.2 Å². The van der Waals surface area contributed by atoms with Crippen LogP contribution in [0.1, 0.15) is 32.2 Å². The molecule has 0 bridgehead atoms. The molecule has 2 aromatic carbocycles. The fourth-order valence-electron chi connectivity index (χ4n) is 2.51. The molecule has 0 radical (unpaired) electrons. The minimum atomic E-state index is 0.0432. The normalized spacial score (nSPS) is 11.5. The zero-order chi connectivity index (χ0) is 17.0. The third-order valence-corrected chi connectivity index (χ3v) is 3.76. The van der Waals surface area contributed by atoms with Gasteiger partial charge in [-0.1, -0.05) is 57.2 Å². The van der Waals surface area contributed by atoms with E-state index >= 15 is 0 Å². The summed E-state index contributed by atoms with van der Waals surface area (Å²) >= 11 is 0. The summed E-state index contributed by atoms with van der Waals surface area (Å²) in [4.78, 5) is 0. The molecule has 4 heteroatoms. The molecular weight excluding hydrogens is 300 g/mol. The fraction of sp³-hybridized carbons (Fsp3) is 0.300. The summed E-state index contributed by atoms with van der Waals surface area (Å²) in [6.07, 6.45) is 0.582. The third kappa shape index (κ3) is 3.82. The zero-order valence-electron chi connectivity index (χ0n) is 14.3. The van der Waals surface area contributed by atoms with Crippen molar-refractivity contribution in [2.45, 2.75) is 32.6 Å². The lowest BCUT2D eigenvalue weighted by Gasteiger charge is -2.22. The van der Waals surface area contributed by atoms with Gasteiger partial charge in [0.1, 0.15) is 5.75 Å². The number of aromatic nitrogens is 2. The van der Waals surface area contributed by atoms with Crippen LogP contribution in [0.3, 0.4) is 0 Å². The number of rotatable bonds is 5. The Labute approximate surface area is 142 Å². The van der Waals surface area contributed by atoms with Crippen LogP contribution < -0.4 is 4.74 Å². The van der Waals surface area contributed by atoms with Crippen molar-refractivity contribution in [3.63, 3.8) is 0 Å². The molecule has 0 unspecified atom stereocenters. The average molecular weight is 322 g/mol. The van der Waals surface area contributed by atoms with Crippen molar-refractivity contribution < 1.29 is 9.15 Å². The summed E-state index contributed by atoms with van der Waals surface area (Å²) < 4.78 is 11.7. The minimum Gasteiger partial charge on any atom is -0.493 e. The molecule has 4 nitrogen and oxygen atoms in total. The summed E-state index contributed by atoms with van der Waals surface area (Å²) in [6, 6.07) is 17.9. The Morgan fingerprint density at radius 3 is 2.38 bits per heavy atom. The van der Waals surface area contributed by atoms with Crippen molar-refractivity contribution in [2.24, 2.45) is 0 Å². The summed E-state index contributed by atoms with van der Waals surface area (Å²) in [5.41, 5.74) is 2.16. The first-order valence-electron chi connectivity index (χ1n) is 8.14. The van der Waals surface area contributed by atoms with E-state index < -0.39 is 0 Å². The van der Waals surface area contributed by atoms with Gasteiger partial charge < -0.3 is 9.15 Å². The van der Waals surface area contributed by atoms with Gasteiger partial charge in [-0.3, -0.25) is 0 Å². The summed E-state index contributed by atoms with van der Waals surface area (Å²) in [6.45, 7) is 7.04. The second-order valence-electron chi connectivity index (χ2n) is 6.71. The number of ether oxygens (including phenoxy) is 1. The van der Waals surface area contributed by atoms with Gasteiger partial charge in [0.25, 0.3) is 0 Å². The maximum Gasteiger partial charge on any atom is 0.247 e. The predicted molar refractivity (Wildman–Crippen MR) is 94.1 cm³/mol. The van der Waals surface area contributed by atoms with Gasteiger partial charge in [-0.2, -0.15) is 0 Å². The van der Waals surface area contributed by atoms with E-state index in [1.54, 1.807) is 0 Å². The van der Waals surface area contributed by atoms with Crippen molar-refractivity contribution in [2.75, 3.05) is 6.61 Å². The molecule has 1 aromatic heterocycles. The fourth-order valence-corrected chi connectivity index (χ4v) is 2.51. The minimum absolute atomic E-state index is 0.0432. The molecule has 0 saturated carbocycles. The smallest absolute Gasteiger partial charge is 0.247 e. The van der Waals surface area contributed by atoms with Gasteiger partial charge in [-0.05, 0) is 29.2 Å². The molecular formula is C20H22N2O2. The van der Waals surface area contributed by atoms with E-state index in [9.17, 15) is 0 Å². The molecule has 0 atom stereocenters. The molecule has 0 aliphatic rings. The quantitative estimate of drug-likeness (QED) is 0.685. The predicted octanol–water partition coefficient (Wildman–Crippen LogP) is 4.66. The molecule has 3 rings (SSSR count). The Bertz CT molecular complexity index is 789. The number of para-hydroxylation sites is 1. The maximum atomic E-state index is 5.95. The lowest BCUT2D eigenvalue weighted by molar-refractivity contribution is 0.299. The van der Waals surface area contributed by atoms with E-state index in [0.29, 0.717) is 24.8 Å². The molecule has 1 heterocycles. The number of benzene rings is 2. The third-order valence-electron chi connectivity index (χ3n) is 3.76. The Morgan fingerprint density at radius 2 is 1.62 bits per heavy atom. The van der Waals surface area contributed by atoms with Gasteiger partial charge in [0.15, 0.2) is 0 Å². The van der Waals surface area contributed by atoms with Gasteiger partial charge in [-0.25, -0.2) is 0 Å². The Balaban J connectivity index is 1.63. The molecule has 0 spiro atoms. The molecule has 0 amide bonds. The monoisotopic (exact) mass is 322 g/mol. The van der Waals surface area contributed by atoms with Crippen LogP contribution in [0.25, 0.3) is 11.5 Å². The van der Waals surface area contributed by atoms with Crippen LogP contribution in [-0.4, -0.2) is 16.8 Å². The van der Waals surface area contributed by atoms with Crippen molar-refractivity contribution in [3.05, 3.63) is 66.1 Å². The second kappa shape index (κ2) is 6.87. The van der Waals surface area contributed by atoms with Crippen LogP contribution in [0.2, 0.25) is 0 Å². The highest BCUT2D eigenvalue weighted by molar-refractivity contribution is 5.51. The van der Waals surface area contributed by atoms with Gasteiger partial charge >= 0.3 is 0 Å². The van der Waals surface area contributed by atoms with E-state index in [4.69, 9.17) is 9.15 Å².